The number of hydrogen-bond acceptors (Lipinski definition) is 2. The van der Waals surface area contributed by atoms with Crippen LogP contribution < -0.4 is 0 Å². The first-order valence-corrected chi connectivity index (χ1v) is 10.5. The number of aryl methyl sites for hydroxylation is 1. The molecule has 0 amide bonds. The summed E-state index contributed by atoms with van der Waals surface area (Å²) in [6, 6.07) is 12.2. The van der Waals surface area contributed by atoms with Crippen LogP contribution in [0.1, 0.15) is 50.2 Å². The van der Waals surface area contributed by atoms with Gasteiger partial charge in [-0.05, 0) is 60.8 Å². The summed E-state index contributed by atoms with van der Waals surface area (Å²) in [6.45, 7) is 4.13. The summed E-state index contributed by atoms with van der Waals surface area (Å²) >= 11 is 0. The number of Topliss-reactive ketones (excluding diaryl/α,β-unsaturated/α-hetero) is 1. The minimum atomic E-state index is 0.0206. The van der Waals surface area contributed by atoms with E-state index < -0.39 is 0 Å². The molecule has 0 spiro atoms. The van der Waals surface area contributed by atoms with E-state index >= 15 is 0 Å². The average Bonchev–Trinajstić information content (AvgIpc) is 2.93. The zero-order chi connectivity index (χ0) is 19.4. The predicted octanol–water partition coefficient (Wildman–Crippen LogP) is 6.40. The fourth-order valence-electron chi connectivity index (χ4n) is 5.63. The lowest BCUT2D eigenvalue weighted by atomic mass is 9.75. The molecule has 5 rings (SSSR count). The molecular formula is C26H26O2. The minimum Gasteiger partial charge on any atom is -0.506 e. The van der Waals surface area contributed by atoms with Gasteiger partial charge in [0.15, 0.2) is 0 Å². The highest BCUT2D eigenvalue weighted by Gasteiger charge is 2.43. The highest BCUT2D eigenvalue weighted by molar-refractivity contribution is 6.40. The standard InChI is InChI=1S/C26H26O2/c1-15-13-17-9-5-3-7-11-19(17)21(15)23-25(27)24(26(23)28)22-16(2)14-18-10-6-4-8-12-20(18)22/h3,5,7,9,11,13-14,18,20,27H,4,6,8,10,12H2,1-2H3. The Morgan fingerprint density at radius 2 is 1.75 bits per heavy atom. The Morgan fingerprint density at radius 1 is 0.964 bits per heavy atom. The molecule has 2 nitrogen and oxygen atoms in total. The number of ketones is 1. The van der Waals surface area contributed by atoms with Gasteiger partial charge in [-0.3, -0.25) is 4.79 Å². The van der Waals surface area contributed by atoms with Crippen LogP contribution in [0.4, 0.5) is 0 Å². The zero-order valence-corrected chi connectivity index (χ0v) is 16.6. The van der Waals surface area contributed by atoms with Crippen molar-refractivity contribution in [1.82, 2.24) is 0 Å². The van der Waals surface area contributed by atoms with Crippen molar-refractivity contribution in [3.05, 3.63) is 76.1 Å². The van der Waals surface area contributed by atoms with Gasteiger partial charge in [0.05, 0.1) is 11.1 Å². The zero-order valence-electron chi connectivity index (χ0n) is 16.6. The first-order valence-electron chi connectivity index (χ1n) is 10.5. The summed E-state index contributed by atoms with van der Waals surface area (Å²) in [7, 11) is 0. The lowest BCUT2D eigenvalue weighted by molar-refractivity contribution is -0.111. The smallest absolute Gasteiger partial charge is 0.201 e. The van der Waals surface area contributed by atoms with Crippen LogP contribution in [0.2, 0.25) is 0 Å². The molecule has 142 valence electrons. The fourth-order valence-corrected chi connectivity index (χ4v) is 5.63. The molecular weight excluding hydrogens is 344 g/mol. The van der Waals surface area contributed by atoms with Gasteiger partial charge in [-0.15, -0.1) is 0 Å². The molecule has 2 atom stereocenters. The Bertz CT molecular complexity index is 1050. The van der Waals surface area contributed by atoms with Crippen LogP contribution in [0.3, 0.4) is 0 Å². The molecule has 0 aromatic carbocycles. The maximum Gasteiger partial charge on any atom is 0.201 e. The largest absolute Gasteiger partial charge is 0.506 e. The van der Waals surface area contributed by atoms with Crippen molar-refractivity contribution in [3.63, 3.8) is 0 Å². The van der Waals surface area contributed by atoms with Crippen molar-refractivity contribution in [2.75, 3.05) is 0 Å². The molecule has 1 N–H and O–H groups in total. The van der Waals surface area contributed by atoms with Crippen LogP contribution in [0.25, 0.3) is 16.7 Å². The molecule has 2 unspecified atom stereocenters. The molecule has 2 heteroatoms. The lowest BCUT2D eigenvalue weighted by Crippen LogP contribution is -2.25. The summed E-state index contributed by atoms with van der Waals surface area (Å²) in [5, 5.41) is 11.1. The van der Waals surface area contributed by atoms with Gasteiger partial charge in [-0.1, -0.05) is 67.3 Å². The Labute approximate surface area is 166 Å². The van der Waals surface area contributed by atoms with Crippen LogP contribution in [0, 0.1) is 18.8 Å². The number of allylic oxidation sites excluding steroid dienone is 5. The van der Waals surface area contributed by atoms with Crippen molar-refractivity contribution in [1.29, 1.82) is 0 Å². The van der Waals surface area contributed by atoms with Crippen molar-refractivity contribution in [2.45, 2.75) is 46.0 Å². The molecule has 0 aromatic rings. The van der Waals surface area contributed by atoms with E-state index in [1.807, 2.05) is 31.2 Å². The van der Waals surface area contributed by atoms with Crippen LogP contribution in [0.15, 0.2) is 65.0 Å². The van der Waals surface area contributed by atoms with Gasteiger partial charge < -0.3 is 5.11 Å². The highest BCUT2D eigenvalue weighted by atomic mass is 16.3. The van der Waals surface area contributed by atoms with Crippen LogP contribution in [-0.2, 0) is 4.79 Å². The van der Waals surface area contributed by atoms with Gasteiger partial charge in [-0.25, -0.2) is 0 Å². The van der Waals surface area contributed by atoms with E-state index in [1.54, 1.807) is 0 Å². The second kappa shape index (κ2) is 6.48. The Kier molecular flexibility index (Phi) is 4.04. The molecule has 0 radical (unpaired) electrons. The van der Waals surface area contributed by atoms with E-state index in [-0.39, 0.29) is 11.5 Å². The minimum absolute atomic E-state index is 0.0206. The first-order chi connectivity index (χ1) is 13.6. The number of carbonyl (C=O) groups excluding carboxylic acids is 1. The molecule has 0 aliphatic heterocycles. The maximum absolute atomic E-state index is 13.3. The summed E-state index contributed by atoms with van der Waals surface area (Å²) in [4.78, 5) is 13.3. The molecule has 0 saturated heterocycles. The van der Waals surface area contributed by atoms with Gasteiger partial charge in [0.2, 0.25) is 5.78 Å². The van der Waals surface area contributed by atoms with E-state index in [1.165, 1.54) is 31.3 Å². The molecule has 5 aliphatic carbocycles. The molecule has 0 bridgehead atoms. The Morgan fingerprint density at radius 3 is 2.57 bits per heavy atom. The molecule has 5 aliphatic rings. The predicted molar refractivity (Wildman–Crippen MR) is 113 cm³/mol. The number of rotatable bonds is 1. The molecule has 1 fully saturated rings. The SMILES string of the molecule is CC1=CC2CCCCCC2C1=C1C(=O)C(c2c(C)cc3cccccc2-3)=C1O. The van der Waals surface area contributed by atoms with Crippen LogP contribution in [-0.4, -0.2) is 10.9 Å². The van der Waals surface area contributed by atoms with Crippen molar-refractivity contribution in [2.24, 2.45) is 11.8 Å². The second-order valence-corrected chi connectivity index (χ2v) is 8.58. The number of hydrogen-bond donors (Lipinski definition) is 1. The second-order valence-electron chi connectivity index (χ2n) is 8.58. The van der Waals surface area contributed by atoms with E-state index in [9.17, 15) is 9.90 Å². The number of carbonyl (C=O) groups is 1. The summed E-state index contributed by atoms with van der Waals surface area (Å²) in [6.07, 6.45) is 8.44. The van der Waals surface area contributed by atoms with E-state index in [2.05, 4.69) is 25.1 Å². The average molecular weight is 370 g/mol. The summed E-state index contributed by atoms with van der Waals surface area (Å²) < 4.78 is 0. The van der Waals surface area contributed by atoms with Crippen molar-refractivity contribution >= 4 is 11.4 Å². The van der Waals surface area contributed by atoms with Gasteiger partial charge in [-0.2, -0.15) is 0 Å². The third kappa shape index (κ3) is 2.44. The molecule has 28 heavy (non-hydrogen) atoms. The van der Waals surface area contributed by atoms with Crippen LogP contribution >= 0.6 is 0 Å². The normalized spacial score (nSPS) is 27.5. The Hall–Kier alpha value is -2.61. The third-order valence-electron chi connectivity index (χ3n) is 6.88. The molecule has 0 heterocycles. The van der Waals surface area contributed by atoms with Gasteiger partial charge >= 0.3 is 0 Å². The fraction of sp³-hybridized carbons (Fsp3) is 0.346. The monoisotopic (exact) mass is 370 g/mol. The van der Waals surface area contributed by atoms with E-state index in [4.69, 9.17) is 0 Å². The van der Waals surface area contributed by atoms with Gasteiger partial charge in [0.1, 0.15) is 5.76 Å². The van der Waals surface area contributed by atoms with Gasteiger partial charge in [0.25, 0.3) is 0 Å². The third-order valence-corrected chi connectivity index (χ3v) is 6.88. The van der Waals surface area contributed by atoms with Crippen LogP contribution in [0.5, 0.6) is 0 Å². The highest BCUT2D eigenvalue weighted by Crippen LogP contribution is 2.51. The first kappa shape index (κ1) is 17.5. The van der Waals surface area contributed by atoms with Gasteiger partial charge in [0, 0.05) is 5.56 Å². The van der Waals surface area contributed by atoms with Crippen molar-refractivity contribution in [3.8, 4) is 11.1 Å². The van der Waals surface area contributed by atoms with E-state index in [0.29, 0.717) is 23.0 Å². The maximum atomic E-state index is 13.3. The van der Waals surface area contributed by atoms with E-state index in [0.717, 1.165) is 34.2 Å². The topological polar surface area (TPSA) is 37.3 Å². The quantitative estimate of drug-likeness (QED) is 0.589. The lowest BCUT2D eigenvalue weighted by Gasteiger charge is -2.28. The summed E-state index contributed by atoms with van der Waals surface area (Å²) in [5.74, 6) is 1.17. The molecule has 1 saturated carbocycles. The van der Waals surface area contributed by atoms with Crippen molar-refractivity contribution < 1.29 is 9.90 Å². The summed E-state index contributed by atoms with van der Waals surface area (Å²) in [5.41, 5.74) is 7.50. The molecule has 0 aromatic heterocycles. The number of fused-ring (bicyclic) bond motifs is 2. The number of aliphatic hydroxyl groups is 1. The Balaban J connectivity index is 1.65. The number of aliphatic hydroxyl groups excluding tert-OH is 1.